The van der Waals surface area contributed by atoms with Gasteiger partial charge in [-0.05, 0) is 31.2 Å². The third kappa shape index (κ3) is 2.33. The van der Waals surface area contributed by atoms with Crippen LogP contribution in [0.5, 0.6) is 0 Å². The molecule has 3 heteroatoms. The molecule has 0 atom stereocenters. The summed E-state index contributed by atoms with van der Waals surface area (Å²) >= 11 is 0. The maximum Gasteiger partial charge on any atom is 0.153 e. The minimum absolute atomic E-state index is 0.593. The van der Waals surface area contributed by atoms with Crippen LogP contribution in [0.2, 0.25) is 0 Å². The van der Waals surface area contributed by atoms with Crippen molar-refractivity contribution in [3.05, 3.63) is 53.7 Å². The normalized spacial score (nSPS) is 10.0. The lowest BCUT2D eigenvalue weighted by molar-refractivity contribution is 0.112. The van der Waals surface area contributed by atoms with E-state index in [-0.39, 0.29) is 0 Å². The van der Waals surface area contributed by atoms with Crippen LogP contribution in [-0.2, 0) is 0 Å². The van der Waals surface area contributed by atoms with Crippen LogP contribution in [0.15, 0.2) is 42.6 Å². The number of anilines is 2. The molecule has 1 aromatic carbocycles. The van der Waals surface area contributed by atoms with Crippen LogP contribution in [0.25, 0.3) is 0 Å². The summed E-state index contributed by atoms with van der Waals surface area (Å²) in [6, 6.07) is 11.6. The van der Waals surface area contributed by atoms with E-state index in [0.29, 0.717) is 11.4 Å². The molecule has 0 amide bonds. The topological polar surface area (TPSA) is 33.2 Å². The number of carbonyl (C=O) groups is 1. The van der Waals surface area contributed by atoms with Crippen LogP contribution in [0.3, 0.4) is 0 Å². The predicted molar refractivity (Wildman–Crippen MR) is 68.9 cm³/mol. The van der Waals surface area contributed by atoms with Crippen LogP contribution in [0, 0.1) is 6.92 Å². The van der Waals surface area contributed by atoms with Crippen LogP contribution in [0.4, 0.5) is 11.5 Å². The number of carbonyl (C=O) groups excluding carboxylic acids is 1. The van der Waals surface area contributed by atoms with Gasteiger partial charge in [0.1, 0.15) is 5.82 Å². The largest absolute Gasteiger partial charge is 0.329 e. The van der Waals surface area contributed by atoms with Crippen molar-refractivity contribution in [1.82, 2.24) is 4.98 Å². The van der Waals surface area contributed by atoms with E-state index in [1.54, 1.807) is 18.3 Å². The maximum absolute atomic E-state index is 11.0. The second-order valence-corrected chi connectivity index (χ2v) is 3.93. The molecule has 0 bridgehead atoms. The standard InChI is InChI=1S/C14H14N2O/c1-11-5-7-13(8-6-11)16(2)14-12(10-17)4-3-9-15-14/h3-10H,1-2H3. The molecule has 0 spiro atoms. The van der Waals surface area contributed by atoms with E-state index in [4.69, 9.17) is 0 Å². The van der Waals surface area contributed by atoms with Gasteiger partial charge in [0.15, 0.2) is 6.29 Å². The van der Waals surface area contributed by atoms with E-state index in [0.717, 1.165) is 12.0 Å². The third-order valence-corrected chi connectivity index (χ3v) is 2.68. The Morgan fingerprint density at radius 2 is 1.88 bits per heavy atom. The molecule has 2 rings (SSSR count). The average molecular weight is 226 g/mol. The average Bonchev–Trinajstić information content (AvgIpc) is 2.39. The number of rotatable bonds is 3. The highest BCUT2D eigenvalue weighted by atomic mass is 16.1. The van der Waals surface area contributed by atoms with Gasteiger partial charge < -0.3 is 4.90 Å². The van der Waals surface area contributed by atoms with E-state index >= 15 is 0 Å². The summed E-state index contributed by atoms with van der Waals surface area (Å²) in [5, 5.41) is 0. The lowest BCUT2D eigenvalue weighted by atomic mass is 10.2. The Labute approximate surface area is 101 Å². The smallest absolute Gasteiger partial charge is 0.153 e. The molecule has 86 valence electrons. The molecule has 3 nitrogen and oxygen atoms in total. The second kappa shape index (κ2) is 4.78. The molecule has 17 heavy (non-hydrogen) atoms. The molecule has 1 aromatic heterocycles. The first-order valence-corrected chi connectivity index (χ1v) is 5.43. The summed E-state index contributed by atoms with van der Waals surface area (Å²) in [4.78, 5) is 17.1. The highest BCUT2D eigenvalue weighted by molar-refractivity contribution is 5.84. The van der Waals surface area contributed by atoms with Gasteiger partial charge in [0, 0.05) is 18.9 Å². The summed E-state index contributed by atoms with van der Waals surface area (Å²) in [5.41, 5.74) is 2.81. The zero-order valence-electron chi connectivity index (χ0n) is 9.92. The fraction of sp³-hybridized carbons (Fsp3) is 0.143. The van der Waals surface area contributed by atoms with Crippen LogP contribution < -0.4 is 4.90 Å². The fourth-order valence-electron chi connectivity index (χ4n) is 1.67. The first-order valence-electron chi connectivity index (χ1n) is 5.43. The van der Waals surface area contributed by atoms with Gasteiger partial charge in [-0.2, -0.15) is 0 Å². The third-order valence-electron chi connectivity index (χ3n) is 2.68. The fourth-order valence-corrected chi connectivity index (χ4v) is 1.67. The van der Waals surface area contributed by atoms with Gasteiger partial charge in [0.25, 0.3) is 0 Å². The van der Waals surface area contributed by atoms with Gasteiger partial charge in [-0.3, -0.25) is 4.79 Å². The molecule has 0 fully saturated rings. The Morgan fingerprint density at radius 1 is 1.18 bits per heavy atom. The van der Waals surface area contributed by atoms with Gasteiger partial charge >= 0.3 is 0 Å². The van der Waals surface area contributed by atoms with E-state index in [1.807, 2.05) is 43.1 Å². The number of aryl methyl sites for hydroxylation is 1. The van der Waals surface area contributed by atoms with E-state index in [1.165, 1.54) is 5.56 Å². The molecule has 0 unspecified atom stereocenters. The van der Waals surface area contributed by atoms with Gasteiger partial charge in [0.05, 0.1) is 5.56 Å². The van der Waals surface area contributed by atoms with Crippen molar-refractivity contribution in [1.29, 1.82) is 0 Å². The number of nitrogens with zero attached hydrogens (tertiary/aromatic N) is 2. The molecule has 0 saturated heterocycles. The van der Waals surface area contributed by atoms with Gasteiger partial charge in [0.2, 0.25) is 0 Å². The van der Waals surface area contributed by atoms with Crippen molar-refractivity contribution in [2.75, 3.05) is 11.9 Å². The summed E-state index contributed by atoms with van der Waals surface area (Å²) < 4.78 is 0. The number of aldehydes is 1. The summed E-state index contributed by atoms with van der Waals surface area (Å²) in [5.74, 6) is 0.673. The molecule has 1 heterocycles. The Balaban J connectivity index is 2.39. The second-order valence-electron chi connectivity index (χ2n) is 3.93. The zero-order chi connectivity index (χ0) is 12.3. The van der Waals surface area contributed by atoms with Crippen molar-refractivity contribution < 1.29 is 4.79 Å². The monoisotopic (exact) mass is 226 g/mol. The quantitative estimate of drug-likeness (QED) is 0.754. The maximum atomic E-state index is 11.0. The molecule has 0 aliphatic carbocycles. The Morgan fingerprint density at radius 3 is 2.53 bits per heavy atom. The summed E-state index contributed by atoms with van der Waals surface area (Å²) in [6.45, 7) is 2.04. The van der Waals surface area contributed by atoms with Crippen LogP contribution in [-0.4, -0.2) is 18.3 Å². The SMILES string of the molecule is Cc1ccc(N(C)c2ncccc2C=O)cc1. The number of hydrogen-bond acceptors (Lipinski definition) is 3. The Kier molecular flexibility index (Phi) is 3.19. The van der Waals surface area contributed by atoms with Gasteiger partial charge in [-0.1, -0.05) is 17.7 Å². The molecular weight excluding hydrogens is 212 g/mol. The van der Waals surface area contributed by atoms with Crippen molar-refractivity contribution in [2.45, 2.75) is 6.92 Å². The van der Waals surface area contributed by atoms with Crippen molar-refractivity contribution in [3.63, 3.8) is 0 Å². The molecule has 0 N–H and O–H groups in total. The van der Waals surface area contributed by atoms with Crippen LogP contribution in [0.1, 0.15) is 15.9 Å². The zero-order valence-corrected chi connectivity index (χ0v) is 9.92. The molecule has 0 radical (unpaired) electrons. The molecular formula is C14H14N2O. The first-order chi connectivity index (χ1) is 8.22. The number of pyridine rings is 1. The lowest BCUT2D eigenvalue weighted by Crippen LogP contribution is -2.13. The number of aromatic nitrogens is 1. The molecule has 0 saturated carbocycles. The van der Waals surface area contributed by atoms with E-state index in [9.17, 15) is 4.79 Å². The minimum Gasteiger partial charge on any atom is -0.329 e. The number of benzene rings is 1. The molecule has 2 aromatic rings. The predicted octanol–water partition coefficient (Wildman–Crippen LogP) is 2.97. The van der Waals surface area contributed by atoms with Crippen LogP contribution >= 0.6 is 0 Å². The molecule has 0 aliphatic rings. The van der Waals surface area contributed by atoms with E-state index < -0.39 is 0 Å². The summed E-state index contributed by atoms with van der Waals surface area (Å²) in [6.07, 6.45) is 2.51. The van der Waals surface area contributed by atoms with E-state index in [2.05, 4.69) is 4.98 Å². The van der Waals surface area contributed by atoms with Crippen molar-refractivity contribution in [2.24, 2.45) is 0 Å². The van der Waals surface area contributed by atoms with Gasteiger partial charge in [-0.25, -0.2) is 4.98 Å². The van der Waals surface area contributed by atoms with Crippen molar-refractivity contribution >= 4 is 17.8 Å². The Bertz CT molecular complexity index is 520. The highest BCUT2D eigenvalue weighted by Crippen LogP contribution is 2.23. The highest BCUT2D eigenvalue weighted by Gasteiger charge is 2.09. The van der Waals surface area contributed by atoms with Crippen molar-refractivity contribution in [3.8, 4) is 0 Å². The first kappa shape index (κ1) is 11.3. The molecule has 0 aliphatic heterocycles. The lowest BCUT2D eigenvalue weighted by Gasteiger charge is -2.19. The number of hydrogen-bond donors (Lipinski definition) is 0. The summed E-state index contributed by atoms with van der Waals surface area (Å²) in [7, 11) is 1.90. The Hall–Kier alpha value is -2.16. The van der Waals surface area contributed by atoms with Gasteiger partial charge in [-0.15, -0.1) is 0 Å². The minimum atomic E-state index is 0.593.